The second-order valence-electron chi connectivity index (χ2n) is 8.05. The Morgan fingerprint density at radius 3 is 2.87 bits per heavy atom. The second kappa shape index (κ2) is 9.16. The Kier molecular flexibility index (Phi) is 6.16. The number of fused-ring (bicyclic) bond motifs is 1. The van der Waals surface area contributed by atoms with Gasteiger partial charge in [-0.15, -0.1) is 0 Å². The molecule has 4 N–H and O–H groups in total. The molecule has 2 aromatic heterocycles. The van der Waals surface area contributed by atoms with Crippen LogP contribution in [-0.2, 0) is 6.54 Å². The van der Waals surface area contributed by atoms with Crippen LogP contribution < -0.4 is 16.4 Å². The summed E-state index contributed by atoms with van der Waals surface area (Å²) in [5.74, 6) is 1.68. The number of carbonyl (C=O) groups is 1. The van der Waals surface area contributed by atoms with E-state index in [9.17, 15) is 4.79 Å². The standard InChI is InChI=1S/C23H28N6O2/c1-14-9-10-18-17(12-14)21(28-20-8-4-3-7-19(20)26-15(2)24)29-22(27-18)23(30)25-13-16-6-5-11-31-16/h5-6,9-12,19-20H,3-4,7-8,13H2,1-2H3,(H2,24,26)(H,25,30)(H,27,28,29)/t19-,20+/m1/s1. The summed E-state index contributed by atoms with van der Waals surface area (Å²) in [5, 5.41) is 7.27. The zero-order chi connectivity index (χ0) is 21.8. The van der Waals surface area contributed by atoms with Gasteiger partial charge in [-0.3, -0.25) is 9.79 Å². The summed E-state index contributed by atoms with van der Waals surface area (Å²) < 4.78 is 5.28. The van der Waals surface area contributed by atoms with E-state index in [1.807, 2.05) is 32.0 Å². The first-order valence-electron chi connectivity index (χ1n) is 10.6. The maximum Gasteiger partial charge on any atom is 0.289 e. The molecule has 8 nitrogen and oxygen atoms in total. The summed E-state index contributed by atoms with van der Waals surface area (Å²) in [7, 11) is 0. The number of furan rings is 1. The number of nitrogens with zero attached hydrogens (tertiary/aromatic N) is 3. The Balaban J connectivity index is 1.64. The lowest BCUT2D eigenvalue weighted by atomic mass is 9.90. The van der Waals surface area contributed by atoms with Gasteiger partial charge in [-0.05, 0) is 51.0 Å². The van der Waals surface area contributed by atoms with Crippen molar-refractivity contribution in [1.82, 2.24) is 15.3 Å². The minimum absolute atomic E-state index is 0.0878. The van der Waals surface area contributed by atoms with E-state index in [0.29, 0.717) is 17.4 Å². The molecule has 1 aliphatic carbocycles. The quantitative estimate of drug-likeness (QED) is 0.414. The van der Waals surface area contributed by atoms with Crippen LogP contribution in [0.4, 0.5) is 5.82 Å². The molecule has 0 saturated heterocycles. The molecule has 4 rings (SSSR count). The van der Waals surface area contributed by atoms with Crippen molar-refractivity contribution in [3.05, 3.63) is 53.7 Å². The lowest BCUT2D eigenvalue weighted by Crippen LogP contribution is -2.37. The Morgan fingerprint density at radius 1 is 1.26 bits per heavy atom. The molecule has 1 aliphatic rings. The maximum absolute atomic E-state index is 12.8. The number of amides is 1. The number of nitrogens with two attached hydrogens (primary N) is 1. The molecule has 2 atom stereocenters. The van der Waals surface area contributed by atoms with Crippen molar-refractivity contribution < 1.29 is 9.21 Å². The van der Waals surface area contributed by atoms with Crippen LogP contribution in [0, 0.1) is 6.92 Å². The van der Waals surface area contributed by atoms with E-state index >= 15 is 0 Å². The Hall–Kier alpha value is -3.42. The smallest absolute Gasteiger partial charge is 0.289 e. The number of aromatic nitrogens is 2. The van der Waals surface area contributed by atoms with E-state index in [1.165, 1.54) is 0 Å². The number of anilines is 1. The maximum atomic E-state index is 12.8. The second-order valence-corrected chi connectivity index (χ2v) is 8.05. The van der Waals surface area contributed by atoms with Gasteiger partial charge in [0.15, 0.2) is 0 Å². The number of hydrogen-bond acceptors (Lipinski definition) is 6. The summed E-state index contributed by atoms with van der Waals surface area (Å²) >= 11 is 0. The van der Waals surface area contributed by atoms with Crippen molar-refractivity contribution in [1.29, 1.82) is 0 Å². The average molecular weight is 421 g/mol. The Labute approximate surface area is 181 Å². The third kappa shape index (κ3) is 5.02. The molecular weight excluding hydrogens is 392 g/mol. The van der Waals surface area contributed by atoms with Gasteiger partial charge in [-0.2, -0.15) is 0 Å². The van der Waals surface area contributed by atoms with E-state index in [4.69, 9.17) is 10.2 Å². The van der Waals surface area contributed by atoms with Crippen LogP contribution in [0.1, 0.15) is 54.5 Å². The fourth-order valence-electron chi connectivity index (χ4n) is 3.98. The number of rotatable bonds is 6. The van der Waals surface area contributed by atoms with Gasteiger partial charge in [-0.25, -0.2) is 9.97 Å². The monoisotopic (exact) mass is 420 g/mol. The summed E-state index contributed by atoms with van der Waals surface area (Å²) in [5.41, 5.74) is 7.68. The van der Waals surface area contributed by atoms with Gasteiger partial charge in [0.2, 0.25) is 5.82 Å². The molecule has 1 amide bonds. The highest BCUT2D eigenvalue weighted by Gasteiger charge is 2.26. The van der Waals surface area contributed by atoms with Crippen molar-refractivity contribution >= 4 is 28.5 Å². The van der Waals surface area contributed by atoms with E-state index in [0.717, 1.165) is 42.1 Å². The third-order valence-electron chi connectivity index (χ3n) is 5.48. The molecule has 1 aromatic carbocycles. The van der Waals surface area contributed by atoms with Crippen LogP contribution in [0.5, 0.6) is 0 Å². The van der Waals surface area contributed by atoms with Gasteiger partial charge in [-0.1, -0.05) is 24.5 Å². The molecule has 0 radical (unpaired) electrons. The summed E-state index contributed by atoms with van der Waals surface area (Å²) in [6.07, 6.45) is 5.77. The molecule has 0 aliphatic heterocycles. The van der Waals surface area contributed by atoms with Gasteiger partial charge < -0.3 is 20.8 Å². The van der Waals surface area contributed by atoms with Crippen molar-refractivity contribution in [2.24, 2.45) is 10.7 Å². The normalized spacial score (nSPS) is 19.4. The summed E-state index contributed by atoms with van der Waals surface area (Å²) in [6.45, 7) is 4.12. The van der Waals surface area contributed by atoms with Crippen molar-refractivity contribution in [3.8, 4) is 0 Å². The number of benzene rings is 1. The fourth-order valence-corrected chi connectivity index (χ4v) is 3.98. The minimum atomic E-state index is -0.349. The first-order valence-corrected chi connectivity index (χ1v) is 10.6. The molecule has 1 saturated carbocycles. The number of amidine groups is 1. The van der Waals surface area contributed by atoms with Crippen LogP contribution in [-0.4, -0.2) is 33.8 Å². The Morgan fingerprint density at radius 2 is 2.10 bits per heavy atom. The fraction of sp³-hybridized carbons (Fsp3) is 0.391. The number of carbonyl (C=O) groups excluding carboxylic acids is 1. The van der Waals surface area contributed by atoms with E-state index in [-0.39, 0.29) is 30.4 Å². The first-order chi connectivity index (χ1) is 15.0. The molecule has 1 fully saturated rings. The molecule has 8 heteroatoms. The predicted molar refractivity (Wildman–Crippen MR) is 121 cm³/mol. The number of nitrogens with one attached hydrogen (secondary N) is 2. The number of hydrogen-bond donors (Lipinski definition) is 3. The van der Waals surface area contributed by atoms with Crippen LogP contribution in [0.3, 0.4) is 0 Å². The zero-order valence-electron chi connectivity index (χ0n) is 17.9. The zero-order valence-corrected chi connectivity index (χ0v) is 17.9. The molecule has 162 valence electrons. The van der Waals surface area contributed by atoms with Crippen LogP contribution in [0.2, 0.25) is 0 Å². The topological polar surface area (TPSA) is 118 Å². The third-order valence-corrected chi connectivity index (χ3v) is 5.48. The molecule has 0 spiro atoms. The first kappa shape index (κ1) is 20.8. The summed E-state index contributed by atoms with van der Waals surface area (Å²) in [6, 6.07) is 9.72. The van der Waals surface area contributed by atoms with Crippen LogP contribution in [0.15, 0.2) is 46.0 Å². The highest BCUT2D eigenvalue weighted by atomic mass is 16.3. The molecule has 3 aromatic rings. The van der Waals surface area contributed by atoms with Gasteiger partial charge >= 0.3 is 0 Å². The molecule has 0 bridgehead atoms. The SMILES string of the molecule is CC(N)=N[C@@H]1CCCC[C@@H]1Nc1nc(C(=O)NCc2ccco2)nc2ccc(C)cc12. The average Bonchev–Trinajstić information content (AvgIpc) is 3.27. The van der Waals surface area contributed by atoms with E-state index in [1.54, 1.807) is 18.4 Å². The highest BCUT2D eigenvalue weighted by molar-refractivity contribution is 5.96. The van der Waals surface area contributed by atoms with Gasteiger partial charge in [0.25, 0.3) is 5.91 Å². The number of aryl methyl sites for hydroxylation is 1. The largest absolute Gasteiger partial charge is 0.467 e. The predicted octanol–water partition coefficient (Wildman–Crippen LogP) is 3.56. The molecule has 2 heterocycles. The highest BCUT2D eigenvalue weighted by Crippen LogP contribution is 2.28. The molecule has 31 heavy (non-hydrogen) atoms. The van der Waals surface area contributed by atoms with Gasteiger partial charge in [0.1, 0.15) is 11.6 Å². The van der Waals surface area contributed by atoms with E-state index in [2.05, 4.69) is 25.6 Å². The lowest BCUT2D eigenvalue weighted by Gasteiger charge is -2.30. The van der Waals surface area contributed by atoms with Crippen molar-refractivity contribution in [2.75, 3.05) is 5.32 Å². The Bertz CT molecular complexity index is 1090. The van der Waals surface area contributed by atoms with Crippen molar-refractivity contribution in [3.63, 3.8) is 0 Å². The van der Waals surface area contributed by atoms with Crippen LogP contribution >= 0.6 is 0 Å². The minimum Gasteiger partial charge on any atom is -0.467 e. The molecule has 0 unspecified atom stereocenters. The summed E-state index contributed by atoms with van der Waals surface area (Å²) in [4.78, 5) is 26.5. The lowest BCUT2D eigenvalue weighted by molar-refractivity contribution is 0.0938. The van der Waals surface area contributed by atoms with Crippen molar-refractivity contribution in [2.45, 2.75) is 58.2 Å². The molecular formula is C23H28N6O2. The van der Waals surface area contributed by atoms with Gasteiger partial charge in [0, 0.05) is 11.4 Å². The van der Waals surface area contributed by atoms with E-state index < -0.39 is 0 Å². The van der Waals surface area contributed by atoms with Crippen LogP contribution in [0.25, 0.3) is 10.9 Å². The van der Waals surface area contributed by atoms with Gasteiger partial charge in [0.05, 0.1) is 30.2 Å². The number of aliphatic imine (C=N–C) groups is 1.